The molecule has 36 heavy (non-hydrogen) atoms. The van der Waals surface area contributed by atoms with Gasteiger partial charge in [0.05, 0.1) is 25.5 Å². The zero-order chi connectivity index (χ0) is 26.1. The van der Waals surface area contributed by atoms with E-state index < -0.39 is 0 Å². The summed E-state index contributed by atoms with van der Waals surface area (Å²) >= 11 is 6.91. The number of ether oxygens (including phenoxy) is 3. The van der Waals surface area contributed by atoms with E-state index in [1.807, 2.05) is 57.0 Å². The maximum Gasteiger partial charge on any atom is 0.302 e. The van der Waals surface area contributed by atoms with Crippen LogP contribution >= 0.6 is 11.6 Å². The predicted octanol–water partition coefficient (Wildman–Crippen LogP) is 4.09. The highest BCUT2D eigenvalue weighted by molar-refractivity contribution is 6.37. The highest BCUT2D eigenvalue weighted by Gasteiger charge is 2.40. The molecule has 2 aromatic rings. The highest BCUT2D eigenvalue weighted by Crippen LogP contribution is 2.46. The first kappa shape index (κ1) is 26.0. The summed E-state index contributed by atoms with van der Waals surface area (Å²) < 4.78 is 17.2. The number of methoxy groups -OCH3 is 1. The molecule has 2 heterocycles. The van der Waals surface area contributed by atoms with Gasteiger partial charge in [-0.1, -0.05) is 11.6 Å². The minimum absolute atomic E-state index is 0.00109. The van der Waals surface area contributed by atoms with E-state index >= 15 is 0 Å². The molecule has 0 radical (unpaired) electrons. The van der Waals surface area contributed by atoms with Gasteiger partial charge in [0, 0.05) is 46.6 Å². The molecule has 3 unspecified atom stereocenters. The Morgan fingerprint density at radius 1 is 1.11 bits per heavy atom. The zero-order valence-corrected chi connectivity index (χ0v) is 22.7. The van der Waals surface area contributed by atoms with Crippen LogP contribution in [0.4, 0.5) is 11.8 Å². The van der Waals surface area contributed by atoms with Crippen LogP contribution in [-0.4, -0.2) is 75.7 Å². The van der Waals surface area contributed by atoms with E-state index in [0.717, 1.165) is 24.0 Å². The fourth-order valence-corrected chi connectivity index (χ4v) is 5.31. The van der Waals surface area contributed by atoms with Gasteiger partial charge in [-0.2, -0.15) is 4.98 Å². The lowest BCUT2D eigenvalue weighted by atomic mass is 9.74. The lowest BCUT2D eigenvalue weighted by Gasteiger charge is -2.38. The quantitative estimate of drug-likeness (QED) is 0.509. The Kier molecular flexibility index (Phi) is 7.59. The molecule has 3 atom stereocenters. The topological polar surface area (TPSA) is 89.4 Å². The number of benzene rings is 1. The smallest absolute Gasteiger partial charge is 0.302 e. The van der Waals surface area contributed by atoms with Crippen LogP contribution in [0, 0.1) is 0 Å². The van der Waals surface area contributed by atoms with Gasteiger partial charge in [0.1, 0.15) is 16.8 Å². The van der Waals surface area contributed by atoms with Crippen LogP contribution in [0.2, 0.25) is 5.02 Å². The summed E-state index contributed by atoms with van der Waals surface area (Å²) in [5.74, 6) is 2.25. The monoisotopic (exact) mass is 515 g/mol. The van der Waals surface area contributed by atoms with Crippen LogP contribution in [-0.2, 0) is 9.53 Å². The van der Waals surface area contributed by atoms with Gasteiger partial charge in [-0.15, -0.1) is 0 Å². The SMILES string of the molecule is CCOc1cc2c(cc1OC)C(c1nc(N(C)C)nc(N(C)C)c1Cl)=NC1CCC(OC(C)=O)CC21. The summed E-state index contributed by atoms with van der Waals surface area (Å²) in [6.07, 6.45) is 2.08. The Labute approximate surface area is 217 Å². The standard InChI is InChI=1S/C26H34ClN5O4/c1-8-35-21-12-16-17-11-15(36-14(2)33)9-10-19(17)28-23(18(16)13-20(21)34-7)24-22(27)25(31(3)4)30-26(29-24)32(5)6/h12-13,15,17,19H,8-11H2,1-7H3. The summed E-state index contributed by atoms with van der Waals surface area (Å²) in [6, 6.07) is 3.99. The molecular weight excluding hydrogens is 482 g/mol. The predicted molar refractivity (Wildman–Crippen MR) is 141 cm³/mol. The molecule has 1 aromatic carbocycles. The maximum atomic E-state index is 11.7. The third-order valence-electron chi connectivity index (χ3n) is 6.55. The number of fused-ring (bicyclic) bond motifs is 3. The Morgan fingerprint density at radius 2 is 1.86 bits per heavy atom. The van der Waals surface area contributed by atoms with Crippen molar-refractivity contribution in [3.63, 3.8) is 0 Å². The van der Waals surface area contributed by atoms with E-state index in [9.17, 15) is 4.79 Å². The lowest BCUT2D eigenvalue weighted by Crippen LogP contribution is -2.36. The third kappa shape index (κ3) is 4.93. The molecule has 194 valence electrons. The van der Waals surface area contributed by atoms with E-state index in [0.29, 0.717) is 52.7 Å². The zero-order valence-electron chi connectivity index (χ0n) is 22.0. The first-order chi connectivity index (χ1) is 17.1. The Balaban J connectivity index is 1.92. The van der Waals surface area contributed by atoms with Crippen LogP contribution in [0.5, 0.6) is 11.5 Å². The van der Waals surface area contributed by atoms with E-state index in [1.54, 1.807) is 7.11 Å². The maximum absolute atomic E-state index is 11.7. The Bertz CT molecular complexity index is 1180. The number of aliphatic imine (C=N–C) groups is 1. The van der Waals surface area contributed by atoms with Gasteiger partial charge in [0.2, 0.25) is 5.95 Å². The van der Waals surface area contributed by atoms with Gasteiger partial charge < -0.3 is 24.0 Å². The van der Waals surface area contributed by atoms with Crippen molar-refractivity contribution in [3.05, 3.63) is 34.0 Å². The first-order valence-electron chi connectivity index (χ1n) is 12.2. The summed E-state index contributed by atoms with van der Waals surface area (Å²) in [6.45, 7) is 3.91. The average Bonchev–Trinajstić information content (AvgIpc) is 2.83. The molecule has 1 saturated carbocycles. The fraction of sp³-hybridized carbons (Fsp3) is 0.538. The molecule has 1 aliphatic carbocycles. The second-order valence-electron chi connectivity index (χ2n) is 9.52. The molecule has 0 saturated heterocycles. The Hall–Kier alpha value is -3.07. The van der Waals surface area contributed by atoms with Crippen molar-refractivity contribution in [1.82, 2.24) is 9.97 Å². The molecule has 0 spiro atoms. The number of carbonyl (C=O) groups is 1. The number of anilines is 2. The van der Waals surface area contributed by atoms with Gasteiger partial charge >= 0.3 is 5.97 Å². The van der Waals surface area contributed by atoms with Crippen molar-refractivity contribution in [3.8, 4) is 11.5 Å². The van der Waals surface area contributed by atoms with Gasteiger partial charge in [-0.05, 0) is 43.9 Å². The van der Waals surface area contributed by atoms with Gasteiger partial charge in [0.15, 0.2) is 17.3 Å². The van der Waals surface area contributed by atoms with E-state index in [-0.39, 0.29) is 24.0 Å². The minimum Gasteiger partial charge on any atom is -0.493 e. The molecule has 1 aliphatic heterocycles. The number of carbonyl (C=O) groups excluding carboxylic acids is 1. The molecular formula is C26H34ClN5O4. The Morgan fingerprint density at radius 3 is 2.47 bits per heavy atom. The van der Waals surface area contributed by atoms with Crippen LogP contribution in [0.1, 0.15) is 55.8 Å². The summed E-state index contributed by atoms with van der Waals surface area (Å²) in [7, 11) is 9.21. The number of hydrogen-bond donors (Lipinski definition) is 0. The molecule has 9 nitrogen and oxygen atoms in total. The second-order valence-corrected chi connectivity index (χ2v) is 9.90. The molecule has 0 N–H and O–H groups in total. The molecule has 4 rings (SSSR count). The largest absolute Gasteiger partial charge is 0.493 e. The van der Waals surface area contributed by atoms with Gasteiger partial charge in [-0.25, -0.2) is 4.98 Å². The van der Waals surface area contributed by atoms with E-state index in [2.05, 4.69) is 4.98 Å². The summed E-state index contributed by atoms with van der Waals surface area (Å²) in [5, 5.41) is 0.440. The summed E-state index contributed by atoms with van der Waals surface area (Å²) in [4.78, 5) is 30.1. The van der Waals surface area contributed by atoms with Crippen molar-refractivity contribution in [1.29, 1.82) is 0 Å². The number of rotatable bonds is 7. The number of nitrogens with zero attached hydrogens (tertiary/aromatic N) is 5. The van der Waals surface area contributed by atoms with Crippen LogP contribution in [0.15, 0.2) is 17.1 Å². The first-order valence-corrected chi connectivity index (χ1v) is 12.5. The third-order valence-corrected chi connectivity index (χ3v) is 6.90. The highest BCUT2D eigenvalue weighted by atomic mass is 35.5. The van der Waals surface area contributed by atoms with Crippen LogP contribution in [0.25, 0.3) is 0 Å². The normalized spacial score (nSPS) is 20.6. The van der Waals surface area contributed by atoms with Gasteiger partial charge in [0.25, 0.3) is 0 Å². The molecule has 1 fully saturated rings. The van der Waals surface area contributed by atoms with Crippen molar-refractivity contribution in [2.24, 2.45) is 4.99 Å². The summed E-state index contributed by atoms with van der Waals surface area (Å²) in [5.41, 5.74) is 3.23. The molecule has 0 amide bonds. The number of esters is 1. The van der Waals surface area contributed by atoms with E-state index in [4.69, 9.17) is 35.8 Å². The average molecular weight is 516 g/mol. The van der Waals surface area contributed by atoms with E-state index in [1.165, 1.54) is 6.92 Å². The van der Waals surface area contributed by atoms with Crippen LogP contribution in [0.3, 0.4) is 0 Å². The fourth-order valence-electron chi connectivity index (χ4n) is 4.96. The molecule has 10 heteroatoms. The van der Waals surface area contributed by atoms with Crippen molar-refractivity contribution >= 4 is 35.0 Å². The number of hydrogen-bond acceptors (Lipinski definition) is 9. The van der Waals surface area contributed by atoms with Crippen molar-refractivity contribution in [2.45, 2.75) is 51.2 Å². The van der Waals surface area contributed by atoms with Crippen LogP contribution < -0.4 is 19.3 Å². The number of aromatic nitrogens is 2. The number of halogens is 1. The molecule has 0 bridgehead atoms. The molecule has 2 aliphatic rings. The second kappa shape index (κ2) is 10.5. The minimum atomic E-state index is -0.261. The lowest BCUT2D eigenvalue weighted by molar-refractivity contribution is -0.148. The van der Waals surface area contributed by atoms with Gasteiger partial charge in [-0.3, -0.25) is 9.79 Å². The van der Waals surface area contributed by atoms with Crippen molar-refractivity contribution < 1.29 is 19.0 Å². The van der Waals surface area contributed by atoms with Crippen molar-refractivity contribution in [2.75, 3.05) is 51.7 Å². The molecule has 1 aromatic heterocycles.